The molecule has 0 saturated heterocycles. The SMILES string of the molecule is Nc1nc(=O)n(C(=O)C(F)(F)[C@H](O)[C@@H](O)CO)cc1Cl. The number of halogens is 3. The van der Waals surface area contributed by atoms with Crippen molar-refractivity contribution in [3.63, 3.8) is 0 Å². The minimum atomic E-state index is -4.55. The molecule has 0 amide bonds. The normalized spacial score (nSPS) is 14.9. The molecule has 1 aromatic heterocycles. The number of aliphatic hydroxyl groups is 3. The minimum absolute atomic E-state index is 0.147. The van der Waals surface area contributed by atoms with Gasteiger partial charge in [0.2, 0.25) is 0 Å². The second-order valence-electron chi connectivity index (χ2n) is 3.75. The molecule has 0 aromatic carbocycles. The predicted molar refractivity (Wildman–Crippen MR) is 62.6 cm³/mol. The molecule has 0 saturated carbocycles. The van der Waals surface area contributed by atoms with E-state index >= 15 is 0 Å². The topological polar surface area (TPSA) is 139 Å². The zero-order valence-corrected chi connectivity index (χ0v) is 10.5. The van der Waals surface area contributed by atoms with E-state index in [-0.39, 0.29) is 4.57 Å². The smallest absolute Gasteiger partial charge is 0.356 e. The lowest BCUT2D eigenvalue weighted by atomic mass is 10.1. The van der Waals surface area contributed by atoms with Gasteiger partial charge in [-0.3, -0.25) is 4.79 Å². The van der Waals surface area contributed by atoms with E-state index in [0.717, 1.165) is 0 Å². The zero-order chi connectivity index (χ0) is 15.7. The van der Waals surface area contributed by atoms with Gasteiger partial charge in [0, 0.05) is 6.20 Å². The highest BCUT2D eigenvalue weighted by Gasteiger charge is 2.51. The van der Waals surface area contributed by atoms with Crippen LogP contribution in [0, 0.1) is 0 Å². The molecular weight excluding hydrogens is 304 g/mol. The highest BCUT2D eigenvalue weighted by atomic mass is 35.5. The van der Waals surface area contributed by atoms with Crippen LogP contribution in [0.15, 0.2) is 11.0 Å². The van der Waals surface area contributed by atoms with E-state index < -0.39 is 47.2 Å². The monoisotopic (exact) mass is 313 g/mol. The molecule has 0 aliphatic rings. The van der Waals surface area contributed by atoms with Crippen LogP contribution in [0.1, 0.15) is 4.79 Å². The Kier molecular flexibility index (Phi) is 4.76. The van der Waals surface area contributed by atoms with Crippen molar-refractivity contribution in [3.05, 3.63) is 21.7 Å². The van der Waals surface area contributed by atoms with Crippen LogP contribution in [0.25, 0.3) is 0 Å². The summed E-state index contributed by atoms with van der Waals surface area (Å²) in [5.41, 5.74) is 3.72. The lowest BCUT2D eigenvalue weighted by molar-refractivity contribution is -0.136. The van der Waals surface area contributed by atoms with Gasteiger partial charge in [-0.25, -0.2) is 9.36 Å². The maximum absolute atomic E-state index is 13.6. The third-order valence-electron chi connectivity index (χ3n) is 2.34. The Morgan fingerprint density at radius 2 is 2.10 bits per heavy atom. The Bertz CT molecular complexity index is 579. The lowest BCUT2D eigenvalue weighted by Crippen LogP contribution is -2.53. The fourth-order valence-corrected chi connectivity index (χ4v) is 1.36. The molecule has 0 fully saturated rings. The van der Waals surface area contributed by atoms with Crippen LogP contribution < -0.4 is 11.4 Å². The summed E-state index contributed by atoms with van der Waals surface area (Å²) in [5, 5.41) is 26.1. The highest BCUT2D eigenvalue weighted by molar-refractivity contribution is 6.32. The van der Waals surface area contributed by atoms with Crippen LogP contribution in [-0.4, -0.2) is 55.5 Å². The third-order valence-corrected chi connectivity index (χ3v) is 2.63. The molecule has 5 N–H and O–H groups in total. The molecule has 112 valence electrons. The number of carbonyl (C=O) groups excluding carboxylic acids is 1. The number of carbonyl (C=O) groups is 1. The van der Waals surface area contributed by atoms with Gasteiger partial charge in [0.15, 0.2) is 6.10 Å². The number of anilines is 1. The molecule has 1 rings (SSSR count). The summed E-state index contributed by atoms with van der Waals surface area (Å²) in [7, 11) is 0. The van der Waals surface area contributed by atoms with E-state index in [2.05, 4.69) is 4.98 Å². The number of nitrogens with zero attached hydrogens (tertiary/aromatic N) is 2. The lowest BCUT2D eigenvalue weighted by Gasteiger charge is -2.24. The van der Waals surface area contributed by atoms with Crippen molar-refractivity contribution in [3.8, 4) is 0 Å². The second kappa shape index (κ2) is 5.79. The average Bonchev–Trinajstić information content (AvgIpc) is 2.40. The van der Waals surface area contributed by atoms with Crippen LogP contribution in [0.4, 0.5) is 14.6 Å². The van der Waals surface area contributed by atoms with Gasteiger partial charge in [-0.2, -0.15) is 13.8 Å². The number of aromatic nitrogens is 2. The molecule has 0 aliphatic heterocycles. The van der Waals surface area contributed by atoms with Crippen LogP contribution in [0.3, 0.4) is 0 Å². The van der Waals surface area contributed by atoms with Crippen LogP contribution in [-0.2, 0) is 0 Å². The van der Waals surface area contributed by atoms with Crippen molar-refractivity contribution < 1.29 is 28.9 Å². The fraction of sp³-hybridized carbons (Fsp3) is 0.444. The summed E-state index contributed by atoms with van der Waals surface area (Å²) in [6, 6.07) is 0. The summed E-state index contributed by atoms with van der Waals surface area (Å²) >= 11 is 5.45. The van der Waals surface area contributed by atoms with Crippen LogP contribution >= 0.6 is 11.6 Å². The summed E-state index contributed by atoms with van der Waals surface area (Å²) in [6.45, 7) is -1.21. The highest BCUT2D eigenvalue weighted by Crippen LogP contribution is 2.24. The minimum Gasteiger partial charge on any atom is -0.394 e. The van der Waals surface area contributed by atoms with Gasteiger partial charge in [-0.15, -0.1) is 0 Å². The molecule has 1 heterocycles. The Hall–Kier alpha value is -1.62. The molecule has 0 spiro atoms. The molecule has 0 unspecified atom stereocenters. The first-order valence-electron chi connectivity index (χ1n) is 5.07. The number of hydrogen-bond donors (Lipinski definition) is 4. The van der Waals surface area contributed by atoms with Gasteiger partial charge in [-0.05, 0) is 0 Å². The number of hydrogen-bond acceptors (Lipinski definition) is 7. The Morgan fingerprint density at radius 3 is 2.60 bits per heavy atom. The Labute approximate surface area is 115 Å². The molecule has 2 atom stereocenters. The first-order chi connectivity index (χ1) is 9.12. The van der Waals surface area contributed by atoms with E-state index in [1.165, 1.54) is 0 Å². The van der Waals surface area contributed by atoms with E-state index in [1.54, 1.807) is 0 Å². The molecule has 8 nitrogen and oxygen atoms in total. The van der Waals surface area contributed by atoms with Gasteiger partial charge >= 0.3 is 17.5 Å². The molecule has 11 heteroatoms. The maximum Gasteiger partial charge on any atom is 0.356 e. The number of aliphatic hydroxyl groups excluding tert-OH is 3. The number of nitrogen functional groups attached to an aromatic ring is 1. The van der Waals surface area contributed by atoms with Crippen molar-refractivity contribution in [2.75, 3.05) is 12.3 Å². The number of alkyl halides is 2. The van der Waals surface area contributed by atoms with Gasteiger partial charge in [-0.1, -0.05) is 11.6 Å². The Balaban J connectivity index is 3.24. The fourth-order valence-electron chi connectivity index (χ4n) is 1.22. The quantitative estimate of drug-likeness (QED) is 0.529. The van der Waals surface area contributed by atoms with Crippen molar-refractivity contribution >= 4 is 23.3 Å². The van der Waals surface area contributed by atoms with Crippen molar-refractivity contribution in [1.82, 2.24) is 9.55 Å². The standard InChI is InChI=1S/C9H10ClF2N3O5/c10-3-1-15(8(20)14-6(3)13)7(19)9(11,12)5(18)4(17)2-16/h1,4-5,16-18H,2H2,(H2,13,14,20)/t4-,5+/m0/s1. The van der Waals surface area contributed by atoms with E-state index in [1.807, 2.05) is 0 Å². The van der Waals surface area contributed by atoms with Crippen molar-refractivity contribution in [2.24, 2.45) is 0 Å². The Morgan fingerprint density at radius 1 is 1.55 bits per heavy atom. The molecular formula is C9H10ClF2N3O5. The van der Waals surface area contributed by atoms with Gasteiger partial charge in [0.05, 0.1) is 11.6 Å². The van der Waals surface area contributed by atoms with Crippen molar-refractivity contribution in [2.45, 2.75) is 18.1 Å². The predicted octanol–water partition coefficient (Wildman–Crippen LogP) is -1.53. The number of rotatable bonds is 4. The van der Waals surface area contributed by atoms with Gasteiger partial charge in [0.25, 0.3) is 0 Å². The molecule has 0 bridgehead atoms. The summed E-state index contributed by atoms with van der Waals surface area (Å²) in [6.07, 6.45) is -4.68. The first-order valence-corrected chi connectivity index (χ1v) is 5.45. The van der Waals surface area contributed by atoms with Crippen LogP contribution in [0.5, 0.6) is 0 Å². The van der Waals surface area contributed by atoms with E-state index in [4.69, 9.17) is 32.7 Å². The number of nitrogens with two attached hydrogens (primary N) is 1. The van der Waals surface area contributed by atoms with Gasteiger partial charge in [0.1, 0.15) is 11.9 Å². The zero-order valence-electron chi connectivity index (χ0n) is 9.70. The third kappa shape index (κ3) is 2.93. The average molecular weight is 314 g/mol. The second-order valence-corrected chi connectivity index (χ2v) is 4.16. The maximum atomic E-state index is 13.6. The largest absolute Gasteiger partial charge is 0.394 e. The molecule has 0 radical (unpaired) electrons. The molecule has 0 aliphatic carbocycles. The van der Waals surface area contributed by atoms with Crippen molar-refractivity contribution in [1.29, 1.82) is 0 Å². The van der Waals surface area contributed by atoms with Gasteiger partial charge < -0.3 is 21.1 Å². The summed E-state index contributed by atoms with van der Waals surface area (Å²) in [4.78, 5) is 25.9. The molecule has 20 heavy (non-hydrogen) atoms. The summed E-state index contributed by atoms with van der Waals surface area (Å²) < 4.78 is 27.1. The molecule has 1 aromatic rings. The van der Waals surface area contributed by atoms with Crippen LogP contribution in [0.2, 0.25) is 5.02 Å². The summed E-state index contributed by atoms with van der Waals surface area (Å²) in [5.74, 6) is -7.18. The first kappa shape index (κ1) is 16.4. The van der Waals surface area contributed by atoms with E-state index in [9.17, 15) is 18.4 Å². The van der Waals surface area contributed by atoms with E-state index in [0.29, 0.717) is 6.20 Å².